The van der Waals surface area contributed by atoms with Crippen LogP contribution in [0.2, 0.25) is 0 Å². The van der Waals surface area contributed by atoms with E-state index >= 15 is 0 Å². The van der Waals surface area contributed by atoms with Gasteiger partial charge >= 0.3 is 0 Å². The van der Waals surface area contributed by atoms with Gasteiger partial charge in [0.2, 0.25) is 0 Å². The summed E-state index contributed by atoms with van der Waals surface area (Å²) < 4.78 is 0. The molecule has 67 heavy (non-hydrogen) atoms. The van der Waals surface area contributed by atoms with Crippen LogP contribution in [0, 0.1) is 0 Å². The van der Waals surface area contributed by atoms with E-state index in [0.717, 1.165) is 5.69 Å². The van der Waals surface area contributed by atoms with Gasteiger partial charge in [-0.1, -0.05) is 226 Å². The first-order chi connectivity index (χ1) is 33.0. The van der Waals surface area contributed by atoms with Gasteiger partial charge in [-0.05, 0) is 124 Å². The van der Waals surface area contributed by atoms with Gasteiger partial charge in [0, 0.05) is 22.2 Å². The highest BCUT2D eigenvalue weighted by molar-refractivity contribution is 6.10. The fourth-order valence-electron chi connectivity index (χ4n) is 12.7. The van der Waals surface area contributed by atoms with E-state index < -0.39 is 5.41 Å². The minimum atomic E-state index is -0.459. The standard InChI is InChI=1S/C66H45N/c1-65(2)56-32-16-35-60(64(56)63-49-23-7-6-20-43(49)38-41-57(63)65)67(46-39-36-44(37-40-46)48-28-15-22-45-21-14-27-47(61(45)48)42-18-4-3-5-19-42)59-34-17-33-58-62(59)52-26-10-13-31-55(52)66(58)53-29-11-8-24-50(53)51-25-9-12-30-54(51)66/h3-41H,1-2H3. The van der Waals surface area contributed by atoms with Gasteiger partial charge < -0.3 is 4.90 Å². The maximum Gasteiger partial charge on any atom is 0.0726 e. The van der Waals surface area contributed by atoms with E-state index in [1.807, 2.05) is 0 Å². The Morgan fingerprint density at radius 3 is 1.46 bits per heavy atom. The molecule has 0 unspecified atom stereocenters. The van der Waals surface area contributed by atoms with E-state index in [4.69, 9.17) is 0 Å². The van der Waals surface area contributed by atoms with Gasteiger partial charge in [-0.25, -0.2) is 0 Å². The molecule has 3 aliphatic carbocycles. The molecule has 0 fully saturated rings. The van der Waals surface area contributed by atoms with Crippen molar-refractivity contribution >= 4 is 38.6 Å². The molecule has 0 saturated carbocycles. The number of anilines is 3. The molecule has 0 aliphatic heterocycles. The first kappa shape index (κ1) is 38.1. The summed E-state index contributed by atoms with van der Waals surface area (Å²) in [6.45, 7) is 4.80. The number of nitrogens with zero attached hydrogens (tertiary/aromatic N) is 1. The highest BCUT2D eigenvalue weighted by atomic mass is 15.1. The maximum atomic E-state index is 2.59. The van der Waals surface area contributed by atoms with E-state index in [-0.39, 0.29) is 5.41 Å². The van der Waals surface area contributed by atoms with E-state index in [1.54, 1.807) is 0 Å². The number of hydrogen-bond donors (Lipinski definition) is 0. The van der Waals surface area contributed by atoms with Crippen LogP contribution in [0.25, 0.3) is 77.2 Å². The summed E-state index contributed by atoms with van der Waals surface area (Å²) in [4.78, 5) is 2.59. The summed E-state index contributed by atoms with van der Waals surface area (Å²) in [5, 5.41) is 5.06. The molecule has 11 aromatic carbocycles. The van der Waals surface area contributed by atoms with Gasteiger partial charge in [-0.3, -0.25) is 0 Å². The summed E-state index contributed by atoms with van der Waals surface area (Å²) in [7, 11) is 0. The predicted octanol–water partition coefficient (Wildman–Crippen LogP) is 17.4. The lowest BCUT2D eigenvalue weighted by Gasteiger charge is -2.32. The van der Waals surface area contributed by atoms with E-state index in [2.05, 4.69) is 255 Å². The second-order valence-corrected chi connectivity index (χ2v) is 19.1. The van der Waals surface area contributed by atoms with Crippen LogP contribution >= 0.6 is 0 Å². The third-order valence-electron chi connectivity index (χ3n) is 15.5. The zero-order valence-corrected chi connectivity index (χ0v) is 37.5. The smallest absolute Gasteiger partial charge is 0.0726 e. The van der Waals surface area contributed by atoms with Crippen molar-refractivity contribution in [2.75, 3.05) is 4.90 Å². The average molecular weight is 852 g/mol. The van der Waals surface area contributed by atoms with Crippen LogP contribution in [0.3, 0.4) is 0 Å². The molecule has 0 heterocycles. The van der Waals surface area contributed by atoms with E-state index in [9.17, 15) is 0 Å². The van der Waals surface area contributed by atoms with Crippen molar-refractivity contribution in [2.24, 2.45) is 0 Å². The van der Waals surface area contributed by atoms with Crippen molar-refractivity contribution < 1.29 is 0 Å². The Balaban J connectivity index is 1.05. The zero-order valence-electron chi connectivity index (χ0n) is 37.5. The second kappa shape index (κ2) is 14.1. The van der Waals surface area contributed by atoms with Gasteiger partial charge in [0.05, 0.1) is 16.8 Å². The van der Waals surface area contributed by atoms with E-state index in [1.165, 1.54) is 122 Å². The van der Waals surface area contributed by atoms with Gasteiger partial charge in [-0.2, -0.15) is 0 Å². The van der Waals surface area contributed by atoms with Crippen molar-refractivity contribution in [3.05, 3.63) is 270 Å². The number of fused-ring (bicyclic) bond motifs is 16. The molecule has 11 aromatic rings. The molecular formula is C66H45N. The van der Waals surface area contributed by atoms with Crippen LogP contribution in [0.4, 0.5) is 17.1 Å². The highest BCUT2D eigenvalue weighted by Gasteiger charge is 2.52. The summed E-state index contributed by atoms with van der Waals surface area (Å²) >= 11 is 0. The van der Waals surface area contributed by atoms with Crippen molar-refractivity contribution in [1.29, 1.82) is 0 Å². The Morgan fingerprint density at radius 1 is 0.299 bits per heavy atom. The minimum Gasteiger partial charge on any atom is -0.309 e. The third kappa shape index (κ3) is 5.14. The Kier molecular flexibility index (Phi) is 8.02. The van der Waals surface area contributed by atoms with Crippen LogP contribution in [0.5, 0.6) is 0 Å². The summed E-state index contributed by atoms with van der Waals surface area (Å²) in [5.41, 5.74) is 23.6. The molecule has 0 bridgehead atoms. The molecule has 314 valence electrons. The van der Waals surface area contributed by atoms with E-state index in [0.29, 0.717) is 0 Å². The van der Waals surface area contributed by atoms with Crippen molar-refractivity contribution in [3.63, 3.8) is 0 Å². The van der Waals surface area contributed by atoms with Gasteiger partial charge in [-0.15, -0.1) is 0 Å². The van der Waals surface area contributed by atoms with Gasteiger partial charge in [0.25, 0.3) is 0 Å². The predicted molar refractivity (Wildman–Crippen MR) is 281 cm³/mol. The molecular weight excluding hydrogens is 807 g/mol. The molecule has 0 atom stereocenters. The average Bonchev–Trinajstić information content (AvgIpc) is 3.96. The van der Waals surface area contributed by atoms with Gasteiger partial charge in [0.1, 0.15) is 0 Å². The first-order valence-corrected chi connectivity index (χ1v) is 23.6. The van der Waals surface area contributed by atoms with Crippen LogP contribution in [0.1, 0.15) is 47.2 Å². The molecule has 0 radical (unpaired) electrons. The molecule has 1 heteroatoms. The Morgan fingerprint density at radius 2 is 0.776 bits per heavy atom. The fourth-order valence-corrected chi connectivity index (χ4v) is 12.7. The number of hydrogen-bond acceptors (Lipinski definition) is 1. The molecule has 0 N–H and O–H groups in total. The highest BCUT2D eigenvalue weighted by Crippen LogP contribution is 2.65. The molecule has 1 spiro atoms. The van der Waals surface area contributed by atoms with Crippen LogP contribution < -0.4 is 4.90 Å². The Bertz CT molecular complexity index is 3780. The number of benzene rings is 11. The SMILES string of the molecule is CC1(C)c2cccc(N(c3ccc(-c4cccc5cccc(-c6ccccc6)c45)cc3)c3cccc4c3-c3ccccc3C43c4ccccc4-c4ccccc43)c2-c2c1ccc1ccccc21. The van der Waals surface area contributed by atoms with Crippen LogP contribution in [0.15, 0.2) is 237 Å². The number of rotatable bonds is 5. The molecule has 0 aromatic heterocycles. The molecule has 14 rings (SSSR count). The second-order valence-electron chi connectivity index (χ2n) is 19.1. The lowest BCUT2D eigenvalue weighted by atomic mass is 9.70. The summed E-state index contributed by atoms with van der Waals surface area (Å²) in [5.74, 6) is 0. The topological polar surface area (TPSA) is 3.24 Å². The molecule has 0 amide bonds. The molecule has 0 saturated heterocycles. The fraction of sp³-hybridized carbons (Fsp3) is 0.0606. The first-order valence-electron chi connectivity index (χ1n) is 23.6. The van der Waals surface area contributed by atoms with Crippen LogP contribution in [-0.4, -0.2) is 0 Å². The van der Waals surface area contributed by atoms with Crippen LogP contribution in [-0.2, 0) is 10.8 Å². The third-order valence-corrected chi connectivity index (χ3v) is 15.5. The largest absolute Gasteiger partial charge is 0.309 e. The quantitative estimate of drug-likeness (QED) is 0.167. The molecule has 3 aliphatic rings. The monoisotopic (exact) mass is 851 g/mol. The van der Waals surface area contributed by atoms with Crippen molar-refractivity contribution in [3.8, 4) is 55.6 Å². The Labute approximate surface area is 391 Å². The summed E-state index contributed by atoms with van der Waals surface area (Å²) in [6, 6.07) is 88.8. The minimum absolute atomic E-state index is 0.197. The molecule has 1 nitrogen and oxygen atoms in total. The zero-order chi connectivity index (χ0) is 44.4. The lowest BCUT2D eigenvalue weighted by molar-refractivity contribution is 0.661. The van der Waals surface area contributed by atoms with Gasteiger partial charge in [0.15, 0.2) is 0 Å². The Hall–Kier alpha value is -8.26. The normalized spacial score (nSPS) is 14.1. The van der Waals surface area contributed by atoms with Crippen molar-refractivity contribution in [1.82, 2.24) is 0 Å². The lowest BCUT2D eigenvalue weighted by Crippen LogP contribution is -2.26. The summed E-state index contributed by atoms with van der Waals surface area (Å²) in [6.07, 6.45) is 0. The maximum absolute atomic E-state index is 2.59. The van der Waals surface area contributed by atoms with Crippen molar-refractivity contribution in [2.45, 2.75) is 24.7 Å².